The van der Waals surface area contributed by atoms with Crippen molar-refractivity contribution in [3.63, 3.8) is 0 Å². The third kappa shape index (κ3) is 3.41. The van der Waals surface area contributed by atoms with E-state index in [2.05, 4.69) is 0 Å². The summed E-state index contributed by atoms with van der Waals surface area (Å²) in [6.45, 7) is 1.45. The van der Waals surface area contributed by atoms with Gasteiger partial charge in [0.25, 0.3) is 0 Å². The zero-order chi connectivity index (χ0) is 17.1. The van der Waals surface area contributed by atoms with Crippen LogP contribution in [0.25, 0.3) is 5.57 Å². The van der Waals surface area contributed by atoms with Crippen LogP contribution in [-0.2, 0) is 0 Å². The van der Waals surface area contributed by atoms with Crippen molar-refractivity contribution in [1.29, 1.82) is 0 Å². The van der Waals surface area contributed by atoms with Crippen molar-refractivity contribution in [1.82, 2.24) is 0 Å². The number of halogens is 4. The van der Waals surface area contributed by atoms with Crippen LogP contribution in [0.1, 0.15) is 24.5 Å². The molecule has 0 radical (unpaired) electrons. The minimum atomic E-state index is -5.00. The van der Waals surface area contributed by atoms with Crippen LogP contribution in [0.4, 0.5) is 17.6 Å². The van der Waals surface area contributed by atoms with Crippen LogP contribution < -0.4 is 4.74 Å². The Morgan fingerprint density at radius 2 is 1.91 bits per heavy atom. The molecular formula is C15H18F4O3. The van der Waals surface area contributed by atoms with Crippen LogP contribution >= 0.6 is 0 Å². The smallest absolute Gasteiger partial charge is 0.419 e. The molecular weight excluding hydrogens is 304 g/mol. The average Bonchev–Trinajstić information content (AvgIpc) is 2.46. The average molecular weight is 322 g/mol. The first kappa shape index (κ1) is 18.4. The number of ether oxygens (including phenoxy) is 1. The lowest BCUT2D eigenvalue weighted by molar-refractivity contribution is -0.268. The van der Waals surface area contributed by atoms with E-state index in [1.165, 1.54) is 33.1 Å². The minimum Gasteiger partial charge on any atom is -0.496 e. The van der Waals surface area contributed by atoms with Gasteiger partial charge in [-0.1, -0.05) is 6.08 Å². The van der Waals surface area contributed by atoms with Gasteiger partial charge in [-0.15, -0.1) is 0 Å². The molecule has 1 aromatic rings. The molecule has 0 saturated heterocycles. The van der Waals surface area contributed by atoms with E-state index >= 15 is 0 Å². The second kappa shape index (κ2) is 6.66. The van der Waals surface area contributed by atoms with Crippen molar-refractivity contribution in [3.05, 3.63) is 35.2 Å². The zero-order valence-electron chi connectivity index (χ0n) is 12.5. The Bertz CT molecular complexity index is 567. The SMILES string of the molecule is C/C=C(/CC(O)(CO)C(F)(F)F)c1ccc(F)c(C)c1OC. The van der Waals surface area contributed by atoms with Gasteiger partial charge in [0.15, 0.2) is 5.60 Å². The first-order valence-corrected chi connectivity index (χ1v) is 6.50. The van der Waals surface area contributed by atoms with Crippen LogP contribution in [0, 0.1) is 12.7 Å². The Morgan fingerprint density at radius 1 is 1.32 bits per heavy atom. The molecule has 0 aliphatic rings. The summed E-state index contributed by atoms with van der Waals surface area (Å²) >= 11 is 0. The number of methoxy groups -OCH3 is 1. The maximum absolute atomic E-state index is 13.5. The number of alkyl halides is 3. The van der Waals surface area contributed by atoms with E-state index in [0.29, 0.717) is 0 Å². The third-order valence-corrected chi connectivity index (χ3v) is 3.51. The number of aliphatic hydroxyl groups excluding tert-OH is 1. The molecule has 0 saturated carbocycles. The highest BCUT2D eigenvalue weighted by molar-refractivity contribution is 5.72. The fraction of sp³-hybridized carbons (Fsp3) is 0.467. The van der Waals surface area contributed by atoms with Crippen molar-refractivity contribution < 1.29 is 32.5 Å². The number of hydrogen-bond acceptors (Lipinski definition) is 3. The van der Waals surface area contributed by atoms with E-state index in [1.807, 2.05) is 0 Å². The monoisotopic (exact) mass is 322 g/mol. The Labute approximate surface area is 125 Å². The van der Waals surface area contributed by atoms with E-state index < -0.39 is 30.6 Å². The molecule has 1 unspecified atom stereocenters. The van der Waals surface area contributed by atoms with Crippen LogP contribution in [-0.4, -0.2) is 35.7 Å². The number of rotatable bonds is 5. The number of benzene rings is 1. The van der Waals surface area contributed by atoms with Gasteiger partial charge in [-0.3, -0.25) is 0 Å². The maximum atomic E-state index is 13.5. The van der Waals surface area contributed by atoms with Crippen molar-refractivity contribution in [2.45, 2.75) is 32.0 Å². The highest BCUT2D eigenvalue weighted by Crippen LogP contribution is 2.40. The number of allylic oxidation sites excluding steroid dienone is 1. The molecule has 22 heavy (non-hydrogen) atoms. The quantitative estimate of drug-likeness (QED) is 0.819. The lowest BCUT2D eigenvalue weighted by Gasteiger charge is -2.30. The second-order valence-corrected chi connectivity index (χ2v) is 4.93. The Morgan fingerprint density at radius 3 is 2.32 bits per heavy atom. The highest BCUT2D eigenvalue weighted by Gasteiger charge is 2.53. The molecule has 0 spiro atoms. The predicted molar refractivity (Wildman–Crippen MR) is 74.0 cm³/mol. The molecule has 124 valence electrons. The van der Waals surface area contributed by atoms with Gasteiger partial charge in [0.05, 0.1) is 13.7 Å². The number of hydrogen-bond donors (Lipinski definition) is 2. The summed E-state index contributed by atoms with van der Waals surface area (Å²) < 4.78 is 57.3. The predicted octanol–water partition coefficient (Wildman–Crippen LogP) is 3.22. The molecule has 2 N–H and O–H groups in total. The van der Waals surface area contributed by atoms with E-state index in [-0.39, 0.29) is 22.4 Å². The zero-order valence-corrected chi connectivity index (χ0v) is 12.5. The van der Waals surface area contributed by atoms with Gasteiger partial charge in [-0.05, 0) is 31.6 Å². The maximum Gasteiger partial charge on any atom is 0.419 e. The largest absolute Gasteiger partial charge is 0.496 e. The van der Waals surface area contributed by atoms with Crippen molar-refractivity contribution in [2.24, 2.45) is 0 Å². The molecule has 7 heteroatoms. The van der Waals surface area contributed by atoms with Crippen molar-refractivity contribution in [3.8, 4) is 5.75 Å². The second-order valence-electron chi connectivity index (χ2n) is 4.93. The standard InChI is InChI=1S/C15H18F4O3/c1-4-10(7-14(21,8-20)15(17,18)19)11-5-6-12(16)9(2)13(11)22-3/h4-6,20-21H,7-8H2,1-3H3/b10-4-. The summed E-state index contributed by atoms with van der Waals surface area (Å²) in [5.41, 5.74) is -2.80. The van der Waals surface area contributed by atoms with Crippen LogP contribution in [0.3, 0.4) is 0 Å². The summed E-state index contributed by atoms with van der Waals surface area (Å²) in [6.07, 6.45) is -4.51. The van der Waals surface area contributed by atoms with Crippen LogP contribution in [0.2, 0.25) is 0 Å². The summed E-state index contributed by atoms with van der Waals surface area (Å²) in [5.74, 6) is -0.458. The highest BCUT2D eigenvalue weighted by atomic mass is 19.4. The van der Waals surface area contributed by atoms with Gasteiger partial charge < -0.3 is 14.9 Å². The van der Waals surface area contributed by atoms with Gasteiger partial charge in [0.2, 0.25) is 0 Å². The van der Waals surface area contributed by atoms with Gasteiger partial charge in [-0.25, -0.2) is 4.39 Å². The molecule has 0 aromatic heterocycles. The lowest BCUT2D eigenvalue weighted by atomic mass is 9.89. The number of aliphatic hydroxyl groups is 2. The first-order chi connectivity index (χ1) is 10.1. The molecule has 0 aliphatic heterocycles. The van der Waals surface area contributed by atoms with E-state index in [9.17, 15) is 22.7 Å². The van der Waals surface area contributed by atoms with Crippen molar-refractivity contribution in [2.75, 3.05) is 13.7 Å². The molecule has 0 amide bonds. The molecule has 0 aliphatic carbocycles. The van der Waals surface area contributed by atoms with E-state index in [0.717, 1.165) is 6.07 Å². The molecule has 3 nitrogen and oxygen atoms in total. The fourth-order valence-electron chi connectivity index (χ4n) is 2.10. The summed E-state index contributed by atoms with van der Waals surface area (Å²) in [7, 11) is 1.28. The Hall–Kier alpha value is -1.60. The van der Waals surface area contributed by atoms with E-state index in [1.54, 1.807) is 0 Å². The van der Waals surface area contributed by atoms with Crippen LogP contribution in [0.15, 0.2) is 18.2 Å². The van der Waals surface area contributed by atoms with Gasteiger partial charge in [0, 0.05) is 17.5 Å². The molecule has 0 fully saturated rings. The summed E-state index contributed by atoms with van der Waals surface area (Å²) in [5, 5.41) is 18.6. The fourth-order valence-corrected chi connectivity index (χ4v) is 2.10. The Balaban J connectivity index is 3.33. The molecule has 0 bridgehead atoms. The summed E-state index contributed by atoms with van der Waals surface area (Å²) in [6, 6.07) is 2.40. The van der Waals surface area contributed by atoms with Gasteiger partial charge in [0.1, 0.15) is 11.6 Å². The minimum absolute atomic E-state index is 0.0915. The normalized spacial score (nSPS) is 15.6. The Kier molecular flexibility index (Phi) is 5.59. The molecule has 1 atom stereocenters. The first-order valence-electron chi connectivity index (χ1n) is 6.50. The van der Waals surface area contributed by atoms with Crippen LogP contribution in [0.5, 0.6) is 5.75 Å². The lowest BCUT2D eigenvalue weighted by Crippen LogP contribution is -2.48. The van der Waals surface area contributed by atoms with E-state index in [4.69, 9.17) is 9.84 Å². The van der Waals surface area contributed by atoms with Gasteiger partial charge >= 0.3 is 6.18 Å². The molecule has 1 aromatic carbocycles. The molecule has 0 heterocycles. The molecule has 1 rings (SSSR count). The van der Waals surface area contributed by atoms with Gasteiger partial charge in [-0.2, -0.15) is 13.2 Å². The summed E-state index contributed by atoms with van der Waals surface area (Å²) in [4.78, 5) is 0. The topological polar surface area (TPSA) is 49.7 Å². The third-order valence-electron chi connectivity index (χ3n) is 3.51. The van der Waals surface area contributed by atoms with Crippen molar-refractivity contribution >= 4 is 5.57 Å².